The van der Waals surface area contributed by atoms with E-state index >= 15 is 0 Å². The number of hydrogen-bond acceptors (Lipinski definition) is 3. The Morgan fingerprint density at radius 3 is 2.57 bits per heavy atom. The summed E-state index contributed by atoms with van der Waals surface area (Å²) in [5.41, 5.74) is 1.21. The van der Waals surface area contributed by atoms with Crippen molar-refractivity contribution in [1.29, 1.82) is 0 Å². The number of carbonyl (C=O) groups is 1. The molecule has 0 bridgehead atoms. The lowest BCUT2D eigenvalue weighted by Crippen LogP contribution is -1.97. The summed E-state index contributed by atoms with van der Waals surface area (Å²) in [5.74, 6) is 0. The van der Waals surface area contributed by atoms with Crippen LogP contribution in [0.3, 0.4) is 0 Å². The maximum absolute atomic E-state index is 11.3. The van der Waals surface area contributed by atoms with Gasteiger partial charge in [-0.15, -0.1) is 0 Å². The van der Waals surface area contributed by atoms with Gasteiger partial charge in [-0.3, -0.25) is 4.79 Å². The van der Waals surface area contributed by atoms with E-state index in [1.165, 1.54) is 17.3 Å². The van der Waals surface area contributed by atoms with Gasteiger partial charge < -0.3 is 4.74 Å². The maximum Gasteiger partial charge on any atom is 0.195 e. The van der Waals surface area contributed by atoms with E-state index in [1.807, 2.05) is 31.2 Å². The Morgan fingerprint density at radius 1 is 1.36 bits per heavy atom. The van der Waals surface area contributed by atoms with Crippen LogP contribution in [0, 0.1) is 6.92 Å². The maximum atomic E-state index is 11.3. The Kier molecular flexibility index (Phi) is 4.70. The van der Waals surface area contributed by atoms with Crippen molar-refractivity contribution in [3.63, 3.8) is 0 Å². The second-order valence-corrected chi connectivity index (χ2v) is 4.16. The summed E-state index contributed by atoms with van der Waals surface area (Å²) >= 11 is 1.27. The molecular formula is C11H14O2S. The first-order chi connectivity index (χ1) is 6.72. The first-order valence-electron chi connectivity index (χ1n) is 4.48. The lowest BCUT2D eigenvalue weighted by Gasteiger charge is -2.00. The second-order valence-electron chi connectivity index (χ2n) is 3.03. The van der Waals surface area contributed by atoms with Crippen LogP contribution in [0.15, 0.2) is 29.2 Å². The monoisotopic (exact) mass is 210 g/mol. The molecular weight excluding hydrogens is 196 g/mol. The van der Waals surface area contributed by atoms with E-state index in [2.05, 4.69) is 0 Å². The van der Waals surface area contributed by atoms with Crippen LogP contribution in [0.4, 0.5) is 0 Å². The first kappa shape index (κ1) is 11.3. The van der Waals surface area contributed by atoms with E-state index in [-0.39, 0.29) is 5.12 Å². The lowest BCUT2D eigenvalue weighted by molar-refractivity contribution is -0.111. The highest BCUT2D eigenvalue weighted by Gasteiger charge is 2.03. The van der Waals surface area contributed by atoms with Crippen molar-refractivity contribution in [2.24, 2.45) is 0 Å². The number of aryl methyl sites for hydroxylation is 1. The van der Waals surface area contributed by atoms with Gasteiger partial charge in [-0.25, -0.2) is 0 Å². The molecule has 0 saturated carbocycles. The average molecular weight is 210 g/mol. The van der Waals surface area contributed by atoms with Crippen molar-refractivity contribution in [1.82, 2.24) is 0 Å². The molecule has 0 radical (unpaired) electrons. The number of thioether (sulfide) groups is 1. The topological polar surface area (TPSA) is 26.3 Å². The minimum atomic E-state index is 0.149. The Morgan fingerprint density at radius 2 is 2.00 bits per heavy atom. The van der Waals surface area contributed by atoms with Crippen molar-refractivity contribution >= 4 is 16.9 Å². The Hall–Kier alpha value is -0.800. The molecule has 0 saturated heterocycles. The summed E-state index contributed by atoms with van der Waals surface area (Å²) in [6.45, 7) is 2.53. The summed E-state index contributed by atoms with van der Waals surface area (Å²) in [6, 6.07) is 7.94. The third kappa shape index (κ3) is 3.94. The molecule has 0 aliphatic carbocycles. The predicted octanol–water partition coefficient (Wildman–Crippen LogP) is 2.65. The number of methoxy groups -OCH3 is 1. The normalized spacial score (nSPS) is 10.1. The van der Waals surface area contributed by atoms with E-state index in [0.29, 0.717) is 13.0 Å². The zero-order valence-electron chi connectivity index (χ0n) is 8.45. The number of rotatable bonds is 4. The summed E-state index contributed by atoms with van der Waals surface area (Å²) in [5, 5.41) is 0.149. The molecule has 0 heterocycles. The summed E-state index contributed by atoms with van der Waals surface area (Å²) in [4.78, 5) is 12.3. The van der Waals surface area contributed by atoms with Gasteiger partial charge >= 0.3 is 0 Å². The largest absolute Gasteiger partial charge is 0.384 e. The van der Waals surface area contributed by atoms with Crippen LogP contribution in [-0.4, -0.2) is 18.8 Å². The van der Waals surface area contributed by atoms with Crippen molar-refractivity contribution in [2.45, 2.75) is 18.2 Å². The van der Waals surface area contributed by atoms with Crippen molar-refractivity contribution in [3.05, 3.63) is 29.8 Å². The van der Waals surface area contributed by atoms with Crippen LogP contribution in [0.2, 0.25) is 0 Å². The van der Waals surface area contributed by atoms with Crippen molar-refractivity contribution < 1.29 is 9.53 Å². The highest BCUT2D eigenvalue weighted by molar-refractivity contribution is 8.13. The summed E-state index contributed by atoms with van der Waals surface area (Å²) < 4.78 is 4.84. The van der Waals surface area contributed by atoms with Crippen LogP contribution >= 0.6 is 11.8 Å². The molecule has 3 heteroatoms. The number of hydrogen-bond donors (Lipinski definition) is 0. The van der Waals surface area contributed by atoms with Crippen LogP contribution in [0.5, 0.6) is 0 Å². The van der Waals surface area contributed by atoms with Crippen molar-refractivity contribution in [2.75, 3.05) is 13.7 Å². The quantitative estimate of drug-likeness (QED) is 0.715. The molecule has 0 spiro atoms. The highest BCUT2D eigenvalue weighted by atomic mass is 32.2. The van der Waals surface area contributed by atoms with Crippen LogP contribution < -0.4 is 0 Å². The van der Waals surface area contributed by atoms with Gasteiger partial charge in [0.2, 0.25) is 0 Å². The standard InChI is InChI=1S/C11H14O2S/c1-9-3-5-10(6-4-9)14-11(12)7-8-13-2/h3-6H,7-8H2,1-2H3. The zero-order valence-corrected chi connectivity index (χ0v) is 9.26. The fourth-order valence-electron chi connectivity index (χ4n) is 0.974. The minimum Gasteiger partial charge on any atom is -0.384 e. The number of benzene rings is 1. The zero-order chi connectivity index (χ0) is 10.4. The molecule has 1 aromatic carbocycles. The van der Waals surface area contributed by atoms with Crippen LogP contribution in [-0.2, 0) is 9.53 Å². The van der Waals surface area contributed by atoms with Gasteiger partial charge in [0.15, 0.2) is 5.12 Å². The molecule has 1 aromatic rings. The van der Waals surface area contributed by atoms with Crippen molar-refractivity contribution in [3.8, 4) is 0 Å². The number of carbonyl (C=O) groups excluding carboxylic acids is 1. The SMILES string of the molecule is COCCC(=O)Sc1ccc(C)cc1. The number of ether oxygens (including phenoxy) is 1. The second kappa shape index (κ2) is 5.83. The van der Waals surface area contributed by atoms with E-state index in [1.54, 1.807) is 7.11 Å². The fourth-order valence-corrected chi connectivity index (χ4v) is 1.69. The molecule has 0 aliphatic heterocycles. The lowest BCUT2D eigenvalue weighted by atomic mass is 10.2. The predicted molar refractivity (Wildman–Crippen MR) is 58.5 cm³/mol. The minimum absolute atomic E-state index is 0.149. The summed E-state index contributed by atoms with van der Waals surface area (Å²) in [7, 11) is 1.60. The molecule has 0 fully saturated rings. The molecule has 0 amide bonds. The van der Waals surface area contributed by atoms with Gasteiger partial charge in [-0.05, 0) is 19.1 Å². The van der Waals surface area contributed by atoms with Gasteiger partial charge in [0.25, 0.3) is 0 Å². The first-order valence-corrected chi connectivity index (χ1v) is 5.30. The fraction of sp³-hybridized carbons (Fsp3) is 0.364. The van der Waals surface area contributed by atoms with Gasteiger partial charge in [0, 0.05) is 18.4 Å². The molecule has 0 unspecified atom stereocenters. The molecule has 2 nitrogen and oxygen atoms in total. The van der Waals surface area contributed by atoms with E-state index in [0.717, 1.165) is 4.90 Å². The smallest absolute Gasteiger partial charge is 0.195 e. The average Bonchev–Trinajstić information content (AvgIpc) is 2.18. The molecule has 0 N–H and O–H groups in total. The highest BCUT2D eigenvalue weighted by Crippen LogP contribution is 2.20. The Labute approximate surface area is 88.7 Å². The molecule has 76 valence electrons. The van der Waals surface area contributed by atoms with Gasteiger partial charge in [-0.2, -0.15) is 0 Å². The summed E-state index contributed by atoms with van der Waals surface area (Å²) in [6.07, 6.45) is 0.467. The van der Waals surface area contributed by atoms with Gasteiger partial charge in [-0.1, -0.05) is 29.5 Å². The Bertz CT molecular complexity index is 293. The van der Waals surface area contributed by atoms with E-state index in [9.17, 15) is 4.79 Å². The van der Waals surface area contributed by atoms with E-state index in [4.69, 9.17) is 4.74 Å². The van der Waals surface area contributed by atoms with E-state index < -0.39 is 0 Å². The molecule has 1 rings (SSSR count). The van der Waals surface area contributed by atoms with Gasteiger partial charge in [0.05, 0.1) is 6.61 Å². The third-order valence-electron chi connectivity index (χ3n) is 1.76. The van der Waals surface area contributed by atoms with Crippen LogP contribution in [0.25, 0.3) is 0 Å². The van der Waals surface area contributed by atoms with Gasteiger partial charge in [0.1, 0.15) is 0 Å². The molecule has 0 aromatic heterocycles. The molecule has 0 atom stereocenters. The molecule has 0 aliphatic rings. The third-order valence-corrected chi connectivity index (χ3v) is 2.70. The Balaban J connectivity index is 2.44. The van der Waals surface area contributed by atoms with Crippen LogP contribution in [0.1, 0.15) is 12.0 Å². The molecule has 14 heavy (non-hydrogen) atoms.